The molecule has 0 unspecified atom stereocenters. The maximum atomic E-state index is 12.7. The minimum Gasteiger partial charge on any atom is -0.326 e. The van der Waals surface area contributed by atoms with Crippen LogP contribution in [0.1, 0.15) is 31.4 Å². The van der Waals surface area contributed by atoms with E-state index in [4.69, 9.17) is 11.6 Å². The van der Waals surface area contributed by atoms with Crippen LogP contribution in [0.5, 0.6) is 0 Å². The van der Waals surface area contributed by atoms with Gasteiger partial charge in [-0.1, -0.05) is 11.6 Å². The fourth-order valence-corrected chi connectivity index (χ4v) is 4.46. The number of benzene rings is 1. The maximum absolute atomic E-state index is 12.7. The summed E-state index contributed by atoms with van der Waals surface area (Å²) in [7, 11) is 1.78. The van der Waals surface area contributed by atoms with Crippen LogP contribution in [0.3, 0.4) is 0 Å². The van der Waals surface area contributed by atoms with Gasteiger partial charge >= 0.3 is 5.69 Å². The van der Waals surface area contributed by atoms with Crippen molar-refractivity contribution in [3.05, 3.63) is 57.7 Å². The highest BCUT2D eigenvalue weighted by molar-refractivity contribution is 6.31. The lowest BCUT2D eigenvalue weighted by Crippen LogP contribution is -2.30. The second-order valence-electron chi connectivity index (χ2n) is 7.98. The summed E-state index contributed by atoms with van der Waals surface area (Å²) in [5, 5.41) is 3.64. The van der Waals surface area contributed by atoms with Gasteiger partial charge in [-0.2, -0.15) is 0 Å². The number of aryl methyl sites for hydroxylation is 2. The third-order valence-corrected chi connectivity index (χ3v) is 6.17. The molecule has 6 nitrogen and oxygen atoms in total. The first-order valence-corrected chi connectivity index (χ1v) is 10.4. The molecule has 29 heavy (non-hydrogen) atoms. The van der Waals surface area contributed by atoms with Crippen LogP contribution in [0, 0.1) is 18.8 Å². The summed E-state index contributed by atoms with van der Waals surface area (Å²) in [6.07, 6.45) is 5.25. The molecular weight excluding hydrogens is 388 g/mol. The van der Waals surface area contributed by atoms with Crippen LogP contribution >= 0.6 is 11.6 Å². The van der Waals surface area contributed by atoms with Gasteiger partial charge in [0.15, 0.2) is 0 Å². The van der Waals surface area contributed by atoms with Gasteiger partial charge in [0.2, 0.25) is 5.91 Å². The van der Waals surface area contributed by atoms with Crippen LogP contribution < -0.4 is 11.0 Å². The molecule has 0 atom stereocenters. The fraction of sp³-hybridized carbons (Fsp3) is 0.409. The molecule has 2 heterocycles. The Balaban J connectivity index is 1.40. The zero-order valence-corrected chi connectivity index (χ0v) is 17.4. The first kappa shape index (κ1) is 19.7. The lowest BCUT2D eigenvalue weighted by molar-refractivity contribution is -0.121. The first-order valence-electron chi connectivity index (χ1n) is 10.0. The normalized spacial score (nSPS) is 19.4. The summed E-state index contributed by atoms with van der Waals surface area (Å²) in [4.78, 5) is 29.5. The van der Waals surface area contributed by atoms with Gasteiger partial charge in [-0.15, -0.1) is 0 Å². The summed E-state index contributed by atoms with van der Waals surface area (Å²) in [6.45, 7) is 2.58. The number of nitrogens with one attached hydrogen (secondary N) is 1. The maximum Gasteiger partial charge on any atom is 0.328 e. The van der Waals surface area contributed by atoms with Crippen molar-refractivity contribution in [2.45, 2.75) is 39.2 Å². The van der Waals surface area contributed by atoms with Gasteiger partial charge in [-0.3, -0.25) is 18.9 Å². The van der Waals surface area contributed by atoms with Gasteiger partial charge in [-0.05, 0) is 68.9 Å². The van der Waals surface area contributed by atoms with E-state index in [0.717, 1.165) is 48.1 Å². The quantitative estimate of drug-likeness (QED) is 0.700. The average Bonchev–Trinajstić information content (AvgIpc) is 2.93. The highest BCUT2D eigenvalue weighted by atomic mass is 35.5. The highest BCUT2D eigenvalue weighted by Gasteiger charge is 2.27. The van der Waals surface area contributed by atoms with E-state index in [1.165, 1.54) is 0 Å². The zero-order valence-electron chi connectivity index (χ0n) is 16.7. The van der Waals surface area contributed by atoms with Crippen molar-refractivity contribution in [1.29, 1.82) is 0 Å². The predicted molar refractivity (Wildman–Crippen MR) is 115 cm³/mol. The number of carbonyl (C=O) groups is 1. The number of hydrogen-bond donors (Lipinski definition) is 1. The molecule has 0 saturated heterocycles. The van der Waals surface area contributed by atoms with Crippen molar-refractivity contribution in [1.82, 2.24) is 14.1 Å². The minimum absolute atomic E-state index is 0.0165. The van der Waals surface area contributed by atoms with E-state index >= 15 is 0 Å². The molecule has 0 radical (unpaired) electrons. The van der Waals surface area contributed by atoms with Crippen LogP contribution in [0.4, 0.5) is 5.69 Å². The van der Waals surface area contributed by atoms with E-state index in [0.29, 0.717) is 17.5 Å². The highest BCUT2D eigenvalue weighted by Crippen LogP contribution is 2.31. The van der Waals surface area contributed by atoms with Crippen LogP contribution in [-0.2, 0) is 18.4 Å². The Bertz CT molecular complexity index is 1110. The van der Waals surface area contributed by atoms with Gasteiger partial charge in [-0.25, -0.2) is 4.79 Å². The number of amides is 1. The Hall–Kier alpha value is -2.60. The van der Waals surface area contributed by atoms with Crippen LogP contribution in [0.25, 0.3) is 11.0 Å². The molecule has 3 aromatic rings. The smallest absolute Gasteiger partial charge is 0.326 e. The van der Waals surface area contributed by atoms with Gasteiger partial charge in [0.05, 0.1) is 11.0 Å². The summed E-state index contributed by atoms with van der Waals surface area (Å²) in [5.74, 6) is 0.481. The predicted octanol–water partition coefficient (Wildman–Crippen LogP) is 4.14. The van der Waals surface area contributed by atoms with E-state index < -0.39 is 0 Å². The van der Waals surface area contributed by atoms with Crippen molar-refractivity contribution in [3.8, 4) is 0 Å². The van der Waals surface area contributed by atoms with Crippen LogP contribution in [0.2, 0.25) is 5.02 Å². The number of hydrogen-bond acceptors (Lipinski definition) is 3. The number of aromatic nitrogens is 3. The molecule has 0 spiro atoms. The fourth-order valence-electron chi connectivity index (χ4n) is 4.29. The van der Waals surface area contributed by atoms with Gasteiger partial charge in [0.25, 0.3) is 0 Å². The van der Waals surface area contributed by atoms with Crippen molar-refractivity contribution >= 4 is 34.2 Å². The Morgan fingerprint density at radius 2 is 1.93 bits per heavy atom. The molecule has 1 aliphatic carbocycles. The molecule has 1 amide bonds. The molecule has 152 valence electrons. The molecule has 1 aliphatic rings. The number of anilines is 1. The molecule has 2 aromatic heterocycles. The van der Waals surface area contributed by atoms with E-state index in [1.54, 1.807) is 17.8 Å². The van der Waals surface area contributed by atoms with Crippen molar-refractivity contribution in [2.24, 2.45) is 18.9 Å². The zero-order chi connectivity index (χ0) is 20.5. The number of fused-ring (bicyclic) bond motifs is 1. The number of halogens is 1. The summed E-state index contributed by atoms with van der Waals surface area (Å²) in [5.41, 5.74) is 3.42. The Labute approximate surface area is 174 Å². The lowest BCUT2D eigenvalue weighted by Gasteiger charge is -2.28. The molecule has 1 saturated carbocycles. The molecule has 1 N–H and O–H groups in total. The Morgan fingerprint density at radius 1 is 1.17 bits per heavy atom. The van der Waals surface area contributed by atoms with Gasteiger partial charge < -0.3 is 5.32 Å². The first-order chi connectivity index (χ1) is 13.9. The van der Waals surface area contributed by atoms with Crippen molar-refractivity contribution in [3.63, 3.8) is 0 Å². The monoisotopic (exact) mass is 412 g/mol. The molecule has 0 bridgehead atoms. The average molecular weight is 413 g/mol. The minimum atomic E-state index is -0.0183. The number of rotatable bonds is 4. The lowest BCUT2D eigenvalue weighted by atomic mass is 9.81. The number of imidazole rings is 1. The molecule has 4 rings (SSSR count). The molecule has 7 heteroatoms. The van der Waals surface area contributed by atoms with Crippen LogP contribution in [0.15, 0.2) is 41.3 Å². The van der Waals surface area contributed by atoms with Gasteiger partial charge in [0, 0.05) is 42.1 Å². The number of nitrogens with zero attached hydrogens (tertiary/aromatic N) is 3. The third-order valence-electron chi connectivity index (χ3n) is 5.93. The topological polar surface area (TPSA) is 68.9 Å². The molecule has 0 aliphatic heterocycles. The van der Waals surface area contributed by atoms with Crippen molar-refractivity contribution < 1.29 is 4.79 Å². The number of pyridine rings is 1. The van der Waals surface area contributed by atoms with E-state index in [1.807, 2.05) is 41.8 Å². The number of carbonyl (C=O) groups excluding carboxylic acids is 1. The summed E-state index contributed by atoms with van der Waals surface area (Å²) < 4.78 is 3.49. The van der Waals surface area contributed by atoms with Crippen LogP contribution in [-0.4, -0.2) is 20.0 Å². The summed E-state index contributed by atoms with van der Waals surface area (Å²) >= 11 is 6.09. The SMILES string of the molecule is Cc1cc(NC(=O)C2CCC(Cn3c(=O)n(C)c4cc(Cl)ccc43)CC2)ccn1. The second kappa shape index (κ2) is 8.03. The van der Waals surface area contributed by atoms with Crippen molar-refractivity contribution in [2.75, 3.05) is 5.32 Å². The standard InChI is InChI=1S/C22H25ClN4O2/c1-14-11-18(9-10-24-14)25-21(28)16-5-3-15(4-6-16)13-27-19-8-7-17(23)12-20(19)26(2)22(27)29/h7-12,15-16H,3-6,13H2,1-2H3,(H,24,25,28). The Morgan fingerprint density at radius 3 is 2.66 bits per heavy atom. The summed E-state index contributed by atoms with van der Waals surface area (Å²) in [6, 6.07) is 9.26. The van der Waals surface area contributed by atoms with E-state index in [2.05, 4.69) is 10.3 Å². The van der Waals surface area contributed by atoms with E-state index in [-0.39, 0.29) is 17.5 Å². The van der Waals surface area contributed by atoms with Gasteiger partial charge in [0.1, 0.15) is 0 Å². The molecule has 1 aromatic carbocycles. The largest absolute Gasteiger partial charge is 0.328 e. The second-order valence-corrected chi connectivity index (χ2v) is 8.41. The Kier molecular flexibility index (Phi) is 5.46. The van der Waals surface area contributed by atoms with E-state index in [9.17, 15) is 9.59 Å². The third kappa shape index (κ3) is 4.08. The molecule has 1 fully saturated rings. The molecular formula is C22H25ClN4O2.